The van der Waals surface area contributed by atoms with Crippen molar-refractivity contribution >= 4 is 21.5 Å². The topological polar surface area (TPSA) is 3.88 Å². The van der Waals surface area contributed by atoms with E-state index < -0.39 is 0 Å². The van der Waals surface area contributed by atoms with Gasteiger partial charge in [0.25, 0.3) is 0 Å². The molecule has 0 bridgehead atoms. The predicted octanol–water partition coefficient (Wildman–Crippen LogP) is 1.58. The monoisotopic (exact) mass is 397 g/mol. The summed E-state index contributed by atoms with van der Waals surface area (Å²) in [5.41, 5.74) is 2.61. The van der Waals surface area contributed by atoms with Gasteiger partial charge in [0.2, 0.25) is 5.69 Å². The Bertz CT molecular complexity index is 889. The van der Waals surface area contributed by atoms with Gasteiger partial charge in [0.15, 0.2) is 12.4 Å². The van der Waals surface area contributed by atoms with Crippen LogP contribution in [0, 0.1) is 6.92 Å². The predicted molar refractivity (Wildman–Crippen MR) is 87.7 cm³/mol. The van der Waals surface area contributed by atoms with Gasteiger partial charge in [-0.25, -0.2) is 0 Å². The van der Waals surface area contributed by atoms with Crippen molar-refractivity contribution in [1.29, 1.82) is 0 Å². The zero-order valence-corrected chi connectivity index (χ0v) is 14.5. The standard InChI is InChI=1S/C20H16N.HI/c1-15-16-9-3-5-11-18(16)20(21-13-7-2-8-14-21)19-12-6-4-10-17(15)19;/h2-14H,1H3;1H/q+1;/p-1. The number of pyridine rings is 1. The van der Waals surface area contributed by atoms with Crippen molar-refractivity contribution in [2.24, 2.45) is 0 Å². The van der Waals surface area contributed by atoms with Gasteiger partial charge in [0.05, 0.1) is 10.8 Å². The molecular weight excluding hydrogens is 381 g/mol. The van der Waals surface area contributed by atoms with E-state index in [1.807, 2.05) is 0 Å². The van der Waals surface area contributed by atoms with Gasteiger partial charge in [-0.3, -0.25) is 0 Å². The van der Waals surface area contributed by atoms with Gasteiger partial charge in [-0.1, -0.05) is 42.5 Å². The summed E-state index contributed by atoms with van der Waals surface area (Å²) in [5, 5.41) is 5.24. The quantitative estimate of drug-likeness (QED) is 0.261. The summed E-state index contributed by atoms with van der Waals surface area (Å²) in [5.74, 6) is 0. The average molecular weight is 397 g/mol. The molecule has 1 heterocycles. The third-order valence-electron chi connectivity index (χ3n) is 4.15. The molecule has 0 spiro atoms. The average Bonchev–Trinajstić information content (AvgIpc) is 2.56. The summed E-state index contributed by atoms with van der Waals surface area (Å²) in [6, 6.07) is 23.5. The summed E-state index contributed by atoms with van der Waals surface area (Å²) < 4.78 is 2.21. The van der Waals surface area contributed by atoms with Crippen molar-refractivity contribution in [3.63, 3.8) is 0 Å². The molecule has 0 aliphatic carbocycles. The number of fused-ring (bicyclic) bond motifs is 2. The molecule has 1 nitrogen and oxygen atoms in total. The fraction of sp³-hybridized carbons (Fsp3) is 0.0500. The Morgan fingerprint density at radius 2 is 1.05 bits per heavy atom. The van der Waals surface area contributed by atoms with Gasteiger partial charge in [-0.15, -0.1) is 0 Å². The summed E-state index contributed by atoms with van der Waals surface area (Å²) in [6.45, 7) is 2.21. The third kappa shape index (κ3) is 2.28. The second kappa shape index (κ2) is 6.05. The lowest BCUT2D eigenvalue weighted by atomic mass is 9.95. The summed E-state index contributed by atoms with van der Waals surface area (Å²) in [7, 11) is 0. The van der Waals surface area contributed by atoms with E-state index in [2.05, 4.69) is 90.6 Å². The van der Waals surface area contributed by atoms with Gasteiger partial charge >= 0.3 is 0 Å². The molecule has 2 heteroatoms. The third-order valence-corrected chi connectivity index (χ3v) is 4.15. The molecule has 0 N–H and O–H groups in total. The minimum absolute atomic E-state index is 0. The molecule has 0 aliphatic rings. The lowest BCUT2D eigenvalue weighted by Gasteiger charge is -2.10. The molecule has 1 aromatic heterocycles. The van der Waals surface area contributed by atoms with Crippen molar-refractivity contribution in [2.45, 2.75) is 6.92 Å². The van der Waals surface area contributed by atoms with Crippen LogP contribution in [0.15, 0.2) is 79.1 Å². The lowest BCUT2D eigenvalue weighted by molar-refractivity contribution is -0.592. The smallest absolute Gasteiger partial charge is 0.226 e. The highest BCUT2D eigenvalue weighted by atomic mass is 127. The van der Waals surface area contributed by atoms with Gasteiger partial charge < -0.3 is 24.0 Å². The number of aromatic nitrogens is 1. The molecule has 0 saturated heterocycles. The number of benzene rings is 3. The maximum atomic E-state index is 2.21. The zero-order chi connectivity index (χ0) is 14.2. The number of nitrogens with zero attached hydrogens (tertiary/aromatic N) is 1. The first-order valence-corrected chi connectivity index (χ1v) is 7.23. The molecule has 0 saturated carbocycles. The van der Waals surface area contributed by atoms with E-state index in [0.717, 1.165) is 0 Å². The second-order valence-corrected chi connectivity index (χ2v) is 5.35. The first-order valence-electron chi connectivity index (χ1n) is 7.23. The van der Waals surface area contributed by atoms with Gasteiger partial charge in [-0.2, -0.15) is 4.57 Å². The molecule has 4 aromatic rings. The van der Waals surface area contributed by atoms with Gasteiger partial charge in [0.1, 0.15) is 0 Å². The molecule has 0 fully saturated rings. The maximum Gasteiger partial charge on any atom is 0.226 e. The molecular formula is C20H16IN. The highest BCUT2D eigenvalue weighted by molar-refractivity contribution is 6.08. The van der Waals surface area contributed by atoms with E-state index in [1.165, 1.54) is 32.8 Å². The van der Waals surface area contributed by atoms with Crippen molar-refractivity contribution in [3.05, 3.63) is 84.7 Å². The Balaban J connectivity index is 0.00000144. The first kappa shape index (κ1) is 15.0. The van der Waals surface area contributed by atoms with Crippen LogP contribution in [-0.4, -0.2) is 0 Å². The van der Waals surface area contributed by atoms with Crippen LogP contribution in [0.4, 0.5) is 0 Å². The molecule has 4 rings (SSSR count). The molecule has 0 radical (unpaired) electrons. The Labute approximate surface area is 147 Å². The van der Waals surface area contributed by atoms with Crippen LogP contribution in [0.3, 0.4) is 0 Å². The SMILES string of the molecule is Cc1c2ccccc2c(-[n+]2ccccc2)c2ccccc12.[I-]. The largest absolute Gasteiger partial charge is 1.00 e. The van der Waals surface area contributed by atoms with Crippen LogP contribution in [0.1, 0.15) is 5.56 Å². The number of hydrogen-bond acceptors (Lipinski definition) is 0. The first-order chi connectivity index (χ1) is 10.4. The number of hydrogen-bond donors (Lipinski definition) is 0. The van der Waals surface area contributed by atoms with E-state index >= 15 is 0 Å². The molecule has 3 aromatic carbocycles. The Kier molecular flexibility index (Phi) is 4.12. The summed E-state index contributed by atoms with van der Waals surface area (Å²) in [4.78, 5) is 0. The minimum atomic E-state index is 0. The van der Waals surface area contributed by atoms with Crippen molar-refractivity contribution in [3.8, 4) is 5.69 Å². The Morgan fingerprint density at radius 1 is 0.591 bits per heavy atom. The van der Waals surface area contributed by atoms with Crippen LogP contribution >= 0.6 is 0 Å². The van der Waals surface area contributed by atoms with E-state index in [9.17, 15) is 0 Å². The fourth-order valence-electron chi connectivity index (χ4n) is 3.15. The van der Waals surface area contributed by atoms with Crippen molar-refractivity contribution < 1.29 is 28.5 Å². The number of aryl methyl sites for hydroxylation is 1. The molecule has 0 amide bonds. The molecule has 0 atom stereocenters. The van der Waals surface area contributed by atoms with E-state index in [-0.39, 0.29) is 24.0 Å². The van der Waals surface area contributed by atoms with Crippen LogP contribution in [0.2, 0.25) is 0 Å². The molecule has 108 valence electrons. The van der Waals surface area contributed by atoms with E-state index in [0.29, 0.717) is 0 Å². The van der Waals surface area contributed by atoms with Crippen LogP contribution in [0.25, 0.3) is 27.2 Å². The number of halogens is 1. The van der Waals surface area contributed by atoms with Gasteiger partial charge in [0, 0.05) is 12.1 Å². The molecule has 0 aliphatic heterocycles. The molecule has 22 heavy (non-hydrogen) atoms. The maximum absolute atomic E-state index is 2.21. The highest BCUT2D eigenvalue weighted by Gasteiger charge is 2.17. The lowest BCUT2D eigenvalue weighted by Crippen LogP contribution is -3.00. The summed E-state index contributed by atoms with van der Waals surface area (Å²) in [6.07, 6.45) is 4.23. The zero-order valence-electron chi connectivity index (χ0n) is 12.3. The summed E-state index contributed by atoms with van der Waals surface area (Å²) >= 11 is 0. The van der Waals surface area contributed by atoms with Crippen LogP contribution < -0.4 is 28.5 Å². The molecule has 0 unspecified atom stereocenters. The number of rotatable bonds is 1. The Morgan fingerprint density at radius 3 is 1.55 bits per heavy atom. The Hall–Kier alpha value is -1.94. The van der Waals surface area contributed by atoms with Crippen molar-refractivity contribution in [1.82, 2.24) is 0 Å². The van der Waals surface area contributed by atoms with E-state index in [4.69, 9.17) is 0 Å². The van der Waals surface area contributed by atoms with E-state index in [1.54, 1.807) is 0 Å². The van der Waals surface area contributed by atoms with Crippen LogP contribution in [-0.2, 0) is 0 Å². The minimum Gasteiger partial charge on any atom is -1.00 e. The fourth-order valence-corrected chi connectivity index (χ4v) is 3.15. The second-order valence-electron chi connectivity index (χ2n) is 5.35. The van der Waals surface area contributed by atoms with Crippen LogP contribution in [0.5, 0.6) is 0 Å². The van der Waals surface area contributed by atoms with Crippen molar-refractivity contribution in [2.75, 3.05) is 0 Å². The highest BCUT2D eigenvalue weighted by Crippen LogP contribution is 2.32. The normalized spacial score (nSPS) is 10.6. The van der Waals surface area contributed by atoms with Gasteiger partial charge in [-0.05, 0) is 35.4 Å².